The number of likely N-dealkylation sites (N-methyl/N-ethyl adjacent to an activating group) is 1. The molecule has 2 N–H and O–H groups in total. The van der Waals surface area contributed by atoms with Crippen LogP contribution in [0.5, 0.6) is 0 Å². The van der Waals surface area contributed by atoms with Gasteiger partial charge >= 0.3 is 6.03 Å². The van der Waals surface area contributed by atoms with Gasteiger partial charge in [-0.05, 0) is 32.0 Å². The van der Waals surface area contributed by atoms with E-state index in [0.29, 0.717) is 17.0 Å². The van der Waals surface area contributed by atoms with Gasteiger partial charge in [0.05, 0.1) is 11.4 Å². The Morgan fingerprint density at radius 2 is 1.75 bits per heavy atom. The standard InChI is InChI=1S/C21H21FN4O2/c1-13(2)12-23-21(28)25-19-20(27)26(3)17-11-7-5-9-15(17)18(24-19)14-8-4-6-10-16(14)22/h4-12,19H,1-3H3,(H2,23,25,28). The molecule has 0 saturated heterocycles. The maximum Gasteiger partial charge on any atom is 0.320 e. The molecule has 0 fully saturated rings. The van der Waals surface area contributed by atoms with Crippen LogP contribution < -0.4 is 15.5 Å². The normalized spacial score (nSPS) is 15.9. The van der Waals surface area contributed by atoms with E-state index >= 15 is 0 Å². The van der Waals surface area contributed by atoms with Crippen LogP contribution in [0.25, 0.3) is 0 Å². The number of rotatable bonds is 3. The van der Waals surface area contributed by atoms with E-state index in [2.05, 4.69) is 15.6 Å². The molecule has 144 valence electrons. The van der Waals surface area contributed by atoms with Crippen molar-refractivity contribution in [2.24, 2.45) is 4.99 Å². The Morgan fingerprint density at radius 1 is 1.11 bits per heavy atom. The fourth-order valence-corrected chi connectivity index (χ4v) is 2.86. The minimum Gasteiger partial charge on any atom is -0.315 e. The average molecular weight is 380 g/mol. The van der Waals surface area contributed by atoms with E-state index in [9.17, 15) is 14.0 Å². The maximum absolute atomic E-state index is 14.5. The number of hydrogen-bond donors (Lipinski definition) is 2. The van der Waals surface area contributed by atoms with Crippen LogP contribution in [0.1, 0.15) is 25.0 Å². The van der Waals surface area contributed by atoms with Gasteiger partial charge in [0.2, 0.25) is 6.17 Å². The summed E-state index contributed by atoms with van der Waals surface area (Å²) >= 11 is 0. The summed E-state index contributed by atoms with van der Waals surface area (Å²) in [4.78, 5) is 30.9. The predicted octanol–water partition coefficient (Wildman–Crippen LogP) is 3.19. The minimum absolute atomic E-state index is 0.259. The van der Waals surface area contributed by atoms with Gasteiger partial charge in [0.25, 0.3) is 5.91 Å². The van der Waals surface area contributed by atoms with E-state index in [1.54, 1.807) is 49.5 Å². The Balaban J connectivity index is 2.08. The number of para-hydroxylation sites is 1. The minimum atomic E-state index is -1.20. The topological polar surface area (TPSA) is 73.8 Å². The number of hydrogen-bond acceptors (Lipinski definition) is 3. The molecule has 0 spiro atoms. The Labute approximate surface area is 162 Å². The van der Waals surface area contributed by atoms with Crippen molar-refractivity contribution in [1.82, 2.24) is 10.6 Å². The number of anilines is 1. The van der Waals surface area contributed by atoms with Crippen LogP contribution in [0.3, 0.4) is 0 Å². The predicted molar refractivity (Wildman–Crippen MR) is 107 cm³/mol. The average Bonchev–Trinajstić information content (AvgIpc) is 2.78. The highest BCUT2D eigenvalue weighted by Crippen LogP contribution is 2.27. The number of benzene rings is 2. The third-order valence-corrected chi connectivity index (χ3v) is 4.23. The monoisotopic (exact) mass is 380 g/mol. The summed E-state index contributed by atoms with van der Waals surface area (Å²) < 4.78 is 14.5. The van der Waals surface area contributed by atoms with Crippen molar-refractivity contribution in [3.63, 3.8) is 0 Å². The van der Waals surface area contributed by atoms with Gasteiger partial charge in [-0.15, -0.1) is 0 Å². The van der Waals surface area contributed by atoms with Crippen LogP contribution in [0.2, 0.25) is 0 Å². The molecule has 1 aliphatic heterocycles. The summed E-state index contributed by atoms with van der Waals surface area (Å²) in [5, 5.41) is 5.10. The van der Waals surface area contributed by atoms with Crippen LogP contribution in [0.4, 0.5) is 14.9 Å². The van der Waals surface area contributed by atoms with Gasteiger partial charge in [0, 0.05) is 24.4 Å². The van der Waals surface area contributed by atoms with Gasteiger partial charge < -0.3 is 15.5 Å². The number of halogens is 1. The lowest BCUT2D eigenvalue weighted by molar-refractivity contribution is -0.119. The van der Waals surface area contributed by atoms with Gasteiger partial charge in [-0.1, -0.05) is 35.9 Å². The first-order valence-corrected chi connectivity index (χ1v) is 8.78. The molecule has 28 heavy (non-hydrogen) atoms. The number of nitrogens with zero attached hydrogens (tertiary/aromatic N) is 2. The smallest absolute Gasteiger partial charge is 0.315 e. The van der Waals surface area contributed by atoms with Crippen molar-refractivity contribution in [2.45, 2.75) is 20.0 Å². The van der Waals surface area contributed by atoms with Crippen molar-refractivity contribution in [2.75, 3.05) is 11.9 Å². The lowest BCUT2D eigenvalue weighted by atomic mass is 10.00. The van der Waals surface area contributed by atoms with E-state index in [0.717, 1.165) is 5.57 Å². The molecule has 0 saturated carbocycles. The summed E-state index contributed by atoms with van der Waals surface area (Å²) in [6.07, 6.45) is 0.328. The number of benzodiazepines with no additional fused rings is 1. The molecule has 1 atom stereocenters. The van der Waals surface area contributed by atoms with Gasteiger partial charge in [-0.2, -0.15) is 0 Å². The fraction of sp³-hybridized carbons (Fsp3) is 0.190. The van der Waals surface area contributed by atoms with E-state index in [1.807, 2.05) is 13.8 Å². The first kappa shape index (κ1) is 19.3. The van der Waals surface area contributed by atoms with Crippen LogP contribution in [-0.2, 0) is 4.79 Å². The molecule has 2 aromatic rings. The molecule has 1 aliphatic rings. The van der Waals surface area contributed by atoms with Crippen LogP contribution >= 0.6 is 0 Å². The second kappa shape index (κ2) is 8.04. The zero-order valence-electron chi connectivity index (χ0n) is 15.9. The fourth-order valence-electron chi connectivity index (χ4n) is 2.86. The van der Waals surface area contributed by atoms with Gasteiger partial charge in [0.15, 0.2) is 0 Å². The van der Waals surface area contributed by atoms with Crippen molar-refractivity contribution in [3.8, 4) is 0 Å². The molecule has 7 heteroatoms. The summed E-state index contributed by atoms with van der Waals surface area (Å²) in [5.41, 5.74) is 2.65. The molecular formula is C21H21FN4O2. The van der Waals surface area contributed by atoms with E-state index in [-0.39, 0.29) is 5.56 Å². The van der Waals surface area contributed by atoms with Crippen molar-refractivity contribution in [3.05, 3.63) is 77.2 Å². The molecule has 6 nitrogen and oxygen atoms in total. The molecule has 1 unspecified atom stereocenters. The number of carbonyl (C=O) groups excluding carboxylic acids is 2. The molecule has 3 rings (SSSR count). The van der Waals surface area contributed by atoms with Crippen molar-refractivity contribution >= 4 is 23.3 Å². The number of fused-ring (bicyclic) bond motifs is 1. The quantitative estimate of drug-likeness (QED) is 0.858. The zero-order chi connectivity index (χ0) is 20.3. The molecule has 0 radical (unpaired) electrons. The molecule has 0 aromatic heterocycles. The third kappa shape index (κ3) is 3.93. The number of aliphatic imine (C=N–C) groups is 1. The highest BCUT2D eigenvalue weighted by molar-refractivity contribution is 6.20. The summed E-state index contributed by atoms with van der Waals surface area (Å²) in [6.45, 7) is 3.66. The molecule has 3 amide bonds. The van der Waals surface area contributed by atoms with E-state index in [1.165, 1.54) is 17.2 Å². The Kier molecular flexibility index (Phi) is 5.54. The van der Waals surface area contributed by atoms with Gasteiger partial charge in [0.1, 0.15) is 5.82 Å². The SMILES string of the molecule is CC(C)=CNC(=O)NC1N=C(c2ccccc2F)c2ccccc2N(C)C1=O. The Bertz CT molecular complexity index is 980. The highest BCUT2D eigenvalue weighted by atomic mass is 19.1. The molecule has 2 aromatic carbocycles. The number of nitrogens with one attached hydrogen (secondary N) is 2. The lowest BCUT2D eigenvalue weighted by Crippen LogP contribution is -2.48. The van der Waals surface area contributed by atoms with E-state index in [4.69, 9.17) is 0 Å². The largest absolute Gasteiger partial charge is 0.320 e. The lowest BCUT2D eigenvalue weighted by Gasteiger charge is -2.20. The van der Waals surface area contributed by atoms with Crippen molar-refractivity contribution < 1.29 is 14.0 Å². The maximum atomic E-state index is 14.5. The summed E-state index contributed by atoms with van der Waals surface area (Å²) in [7, 11) is 1.60. The summed E-state index contributed by atoms with van der Waals surface area (Å²) in [5.74, 6) is -0.882. The van der Waals surface area contributed by atoms with Gasteiger partial charge in [-0.25, -0.2) is 14.2 Å². The highest BCUT2D eigenvalue weighted by Gasteiger charge is 2.31. The molecule has 1 heterocycles. The van der Waals surface area contributed by atoms with Gasteiger partial charge in [-0.3, -0.25) is 4.79 Å². The number of allylic oxidation sites excluding steroid dienone is 1. The van der Waals surface area contributed by atoms with E-state index < -0.39 is 23.9 Å². The molecule has 0 bridgehead atoms. The third-order valence-electron chi connectivity index (χ3n) is 4.23. The first-order valence-electron chi connectivity index (χ1n) is 8.78. The number of carbonyl (C=O) groups is 2. The Hall–Kier alpha value is -3.48. The van der Waals surface area contributed by atoms with Crippen LogP contribution in [-0.4, -0.2) is 30.9 Å². The first-order chi connectivity index (χ1) is 13.4. The summed E-state index contributed by atoms with van der Waals surface area (Å²) in [6, 6.07) is 12.8. The molecular weight excluding hydrogens is 359 g/mol. The number of amides is 3. The molecule has 0 aliphatic carbocycles. The second-order valence-electron chi connectivity index (χ2n) is 6.61. The van der Waals surface area contributed by atoms with Crippen LogP contribution in [0.15, 0.2) is 65.3 Å². The van der Waals surface area contributed by atoms with Crippen molar-refractivity contribution in [1.29, 1.82) is 0 Å². The second-order valence-corrected chi connectivity index (χ2v) is 6.61. The number of urea groups is 1. The Morgan fingerprint density at radius 3 is 2.43 bits per heavy atom. The van der Waals surface area contributed by atoms with Crippen LogP contribution in [0, 0.1) is 5.82 Å². The zero-order valence-corrected chi connectivity index (χ0v) is 15.9.